The van der Waals surface area contributed by atoms with Crippen molar-refractivity contribution in [1.29, 1.82) is 0 Å². The van der Waals surface area contributed by atoms with Crippen molar-refractivity contribution in [2.75, 3.05) is 0 Å². The Morgan fingerprint density at radius 3 is 1.96 bits per heavy atom. The fourth-order valence-electron chi connectivity index (χ4n) is 3.55. The number of rotatable bonds is 14. The fourth-order valence-corrected chi connectivity index (χ4v) is 3.81. The summed E-state index contributed by atoms with van der Waals surface area (Å²) in [5.74, 6) is 0.356. The number of hydrogen-bond donors (Lipinski definition) is 0. The third-order valence-corrected chi connectivity index (χ3v) is 5.44. The molecule has 0 amide bonds. The van der Waals surface area contributed by atoms with Gasteiger partial charge in [-0.3, -0.25) is 0 Å². The molecular formula is C23H33O3S-. The Morgan fingerprint density at radius 2 is 1.33 bits per heavy atom. The maximum absolute atomic E-state index is 10.6. The maximum atomic E-state index is 10.6. The monoisotopic (exact) mass is 389 g/mol. The molecule has 4 heteroatoms. The second-order valence-electron chi connectivity index (χ2n) is 7.42. The van der Waals surface area contributed by atoms with E-state index >= 15 is 0 Å². The van der Waals surface area contributed by atoms with E-state index in [1.165, 1.54) is 76.2 Å². The van der Waals surface area contributed by atoms with Crippen molar-refractivity contribution in [3.05, 3.63) is 42.0 Å². The molecule has 0 radical (unpaired) electrons. The molecule has 0 aliphatic heterocycles. The van der Waals surface area contributed by atoms with Crippen molar-refractivity contribution in [3.63, 3.8) is 0 Å². The van der Waals surface area contributed by atoms with Crippen LogP contribution in [0.15, 0.2) is 36.4 Å². The largest absolute Gasteiger partial charge is 0.740 e. The van der Waals surface area contributed by atoms with Gasteiger partial charge in [-0.15, -0.1) is 0 Å². The van der Waals surface area contributed by atoms with Gasteiger partial charge in [-0.1, -0.05) is 95.4 Å². The number of unbranched alkanes of at least 4 members (excludes halogenated alkanes) is 10. The first-order valence-corrected chi connectivity index (χ1v) is 11.5. The first-order chi connectivity index (χ1) is 13.2. The van der Waals surface area contributed by atoms with Gasteiger partial charge in [0.2, 0.25) is 0 Å². The molecule has 0 fully saturated rings. The van der Waals surface area contributed by atoms with Gasteiger partial charge in [0.15, 0.2) is 0 Å². The van der Waals surface area contributed by atoms with Gasteiger partial charge >= 0.3 is 0 Å². The van der Waals surface area contributed by atoms with Crippen molar-refractivity contribution < 1.29 is 12.9 Å². The Bertz CT molecular complexity index is 699. The van der Waals surface area contributed by atoms with E-state index in [1.54, 1.807) is 12.1 Å². The third-order valence-electron chi connectivity index (χ3n) is 5.11. The number of benzene rings is 2. The standard InChI is InChI=1S/C23H34O3S/c1-2-3-4-5-6-7-8-9-10-11-12-13-20-14-15-22-19-23(26-27(24)25)17-16-21(22)18-20/h14-19H,2-13H2,1H3,(H,24,25)/p-1. The number of fused-ring (bicyclic) bond motifs is 1. The van der Waals surface area contributed by atoms with E-state index in [0.29, 0.717) is 5.75 Å². The van der Waals surface area contributed by atoms with E-state index in [2.05, 4.69) is 19.1 Å². The van der Waals surface area contributed by atoms with Crippen LogP contribution in [0.25, 0.3) is 10.8 Å². The summed E-state index contributed by atoms with van der Waals surface area (Å²) in [5, 5.41) is 2.13. The SMILES string of the molecule is CCCCCCCCCCCCCc1ccc2cc(OS(=O)[O-])ccc2c1. The van der Waals surface area contributed by atoms with Crippen LogP contribution in [-0.4, -0.2) is 8.76 Å². The molecule has 2 aromatic rings. The molecule has 150 valence electrons. The molecule has 2 rings (SSSR count). The molecule has 0 heterocycles. The summed E-state index contributed by atoms with van der Waals surface area (Å²) in [4.78, 5) is 0. The second kappa shape index (κ2) is 12.9. The van der Waals surface area contributed by atoms with E-state index in [-0.39, 0.29) is 0 Å². The molecule has 0 bridgehead atoms. The van der Waals surface area contributed by atoms with Gasteiger partial charge in [0.05, 0.1) is 0 Å². The van der Waals surface area contributed by atoms with Crippen LogP contribution in [0.2, 0.25) is 0 Å². The van der Waals surface area contributed by atoms with E-state index in [1.807, 2.05) is 12.1 Å². The lowest BCUT2D eigenvalue weighted by Gasteiger charge is -2.09. The van der Waals surface area contributed by atoms with E-state index in [9.17, 15) is 8.76 Å². The molecule has 1 atom stereocenters. The smallest absolute Gasteiger partial charge is 0.139 e. The average Bonchev–Trinajstić information content (AvgIpc) is 2.65. The molecule has 0 saturated heterocycles. The van der Waals surface area contributed by atoms with Crippen molar-refractivity contribution in [2.24, 2.45) is 0 Å². The highest BCUT2D eigenvalue weighted by Gasteiger charge is 2.01. The molecule has 0 spiro atoms. The van der Waals surface area contributed by atoms with Crippen molar-refractivity contribution in [2.45, 2.75) is 84.0 Å². The molecule has 0 saturated carbocycles. The first kappa shape index (κ1) is 21.9. The van der Waals surface area contributed by atoms with Gasteiger partial charge in [-0.05, 0) is 41.3 Å². The minimum Gasteiger partial charge on any atom is -0.740 e. The lowest BCUT2D eigenvalue weighted by atomic mass is 10.0. The summed E-state index contributed by atoms with van der Waals surface area (Å²) in [5.41, 5.74) is 1.35. The Morgan fingerprint density at radius 1 is 0.778 bits per heavy atom. The van der Waals surface area contributed by atoms with Gasteiger partial charge in [-0.25, -0.2) is 4.21 Å². The van der Waals surface area contributed by atoms with Gasteiger partial charge in [0.25, 0.3) is 0 Å². The lowest BCUT2D eigenvalue weighted by Crippen LogP contribution is -1.97. The summed E-state index contributed by atoms with van der Waals surface area (Å²) < 4.78 is 26.0. The first-order valence-electron chi connectivity index (χ1n) is 10.5. The predicted molar refractivity (Wildman–Crippen MR) is 114 cm³/mol. The highest BCUT2D eigenvalue weighted by Crippen LogP contribution is 2.23. The minimum atomic E-state index is -2.53. The Labute approximate surface area is 167 Å². The Hall–Kier alpha value is -1.39. The minimum absolute atomic E-state index is 0.356. The van der Waals surface area contributed by atoms with Gasteiger partial charge < -0.3 is 8.74 Å². The normalized spacial score (nSPS) is 12.4. The molecule has 3 nitrogen and oxygen atoms in total. The molecule has 1 unspecified atom stereocenters. The summed E-state index contributed by atoms with van der Waals surface area (Å²) >= 11 is -2.53. The lowest BCUT2D eigenvalue weighted by molar-refractivity contribution is 0.440. The van der Waals surface area contributed by atoms with Crippen molar-refractivity contribution in [3.8, 4) is 5.75 Å². The zero-order chi connectivity index (χ0) is 19.3. The highest BCUT2D eigenvalue weighted by atomic mass is 32.2. The van der Waals surface area contributed by atoms with Crippen molar-refractivity contribution >= 4 is 22.1 Å². The predicted octanol–water partition coefficient (Wildman–Crippen LogP) is 6.87. The van der Waals surface area contributed by atoms with Gasteiger partial charge in [0, 0.05) is 0 Å². The molecule has 0 aromatic heterocycles. The van der Waals surface area contributed by atoms with Crippen molar-refractivity contribution in [1.82, 2.24) is 0 Å². The molecule has 0 aliphatic carbocycles. The van der Waals surface area contributed by atoms with Crippen LogP contribution in [0.5, 0.6) is 5.75 Å². The van der Waals surface area contributed by atoms with Crippen LogP contribution in [0.3, 0.4) is 0 Å². The Balaban J connectivity index is 1.62. The van der Waals surface area contributed by atoms with Crippen LogP contribution in [0, 0.1) is 0 Å². The average molecular weight is 390 g/mol. The summed E-state index contributed by atoms with van der Waals surface area (Å²) in [6.07, 6.45) is 16.1. The van der Waals surface area contributed by atoms with Crippen LogP contribution >= 0.6 is 0 Å². The molecule has 27 heavy (non-hydrogen) atoms. The molecular weight excluding hydrogens is 356 g/mol. The van der Waals surface area contributed by atoms with E-state index in [4.69, 9.17) is 4.18 Å². The van der Waals surface area contributed by atoms with Crippen LogP contribution in [0.1, 0.15) is 83.1 Å². The zero-order valence-corrected chi connectivity index (χ0v) is 17.4. The van der Waals surface area contributed by atoms with Gasteiger partial charge in [0.1, 0.15) is 17.1 Å². The summed E-state index contributed by atoms with van der Waals surface area (Å²) in [7, 11) is 0. The number of hydrogen-bond acceptors (Lipinski definition) is 3. The summed E-state index contributed by atoms with van der Waals surface area (Å²) in [6, 6.07) is 11.8. The van der Waals surface area contributed by atoms with Crippen LogP contribution in [0.4, 0.5) is 0 Å². The topological polar surface area (TPSA) is 49.4 Å². The second-order valence-corrected chi connectivity index (χ2v) is 7.99. The third kappa shape index (κ3) is 8.89. The van der Waals surface area contributed by atoms with Crippen LogP contribution in [-0.2, 0) is 17.8 Å². The quantitative estimate of drug-likeness (QED) is 0.262. The molecule has 2 aromatic carbocycles. The summed E-state index contributed by atoms with van der Waals surface area (Å²) in [6.45, 7) is 2.27. The molecule has 0 aliphatic rings. The van der Waals surface area contributed by atoms with E-state index < -0.39 is 11.4 Å². The fraction of sp³-hybridized carbons (Fsp3) is 0.565. The number of aryl methyl sites for hydroxylation is 1. The highest BCUT2D eigenvalue weighted by molar-refractivity contribution is 7.74. The van der Waals surface area contributed by atoms with Gasteiger partial charge in [-0.2, -0.15) is 0 Å². The zero-order valence-electron chi connectivity index (χ0n) is 16.6. The Kier molecular flexibility index (Phi) is 10.5. The van der Waals surface area contributed by atoms with E-state index in [0.717, 1.165) is 17.2 Å². The maximum Gasteiger partial charge on any atom is 0.139 e. The van der Waals surface area contributed by atoms with Crippen LogP contribution < -0.4 is 4.18 Å². The molecule has 0 N–H and O–H groups in total.